The van der Waals surface area contributed by atoms with E-state index in [1.165, 1.54) is 10.8 Å². The molecule has 34 heavy (non-hydrogen) atoms. The van der Waals surface area contributed by atoms with Gasteiger partial charge in [0.25, 0.3) is 5.56 Å². The Labute approximate surface area is 196 Å². The Balaban J connectivity index is 1.53. The summed E-state index contributed by atoms with van der Waals surface area (Å²) in [6, 6.07) is 12.7. The molecule has 2 heterocycles. The Hall–Kier alpha value is -4.41. The summed E-state index contributed by atoms with van der Waals surface area (Å²) in [5.41, 5.74) is 13.6. The van der Waals surface area contributed by atoms with Gasteiger partial charge in [-0.15, -0.1) is 0 Å². The monoisotopic (exact) mass is 464 g/mol. The van der Waals surface area contributed by atoms with Gasteiger partial charge < -0.3 is 16.4 Å². The van der Waals surface area contributed by atoms with Gasteiger partial charge in [-0.3, -0.25) is 30.0 Å². The molecule has 0 aliphatic rings. The first-order chi connectivity index (χ1) is 16.3. The SMILES string of the molecule is Cc1ccc(N)c(CNC(=O)Cn2c(C)cnc(NNC(=O)NCCc3ccccc3)c2=O)n1. The fraction of sp³-hybridized carbons (Fsp3) is 0.261. The highest BCUT2D eigenvalue weighted by Gasteiger charge is 2.13. The van der Waals surface area contributed by atoms with Gasteiger partial charge in [0, 0.05) is 24.1 Å². The number of pyridine rings is 1. The number of aryl methyl sites for hydroxylation is 2. The van der Waals surface area contributed by atoms with E-state index < -0.39 is 17.5 Å². The van der Waals surface area contributed by atoms with Gasteiger partial charge in [0.2, 0.25) is 11.7 Å². The van der Waals surface area contributed by atoms with Gasteiger partial charge in [-0.05, 0) is 38.0 Å². The van der Waals surface area contributed by atoms with Crippen molar-refractivity contribution in [2.75, 3.05) is 17.7 Å². The number of hydrogen-bond acceptors (Lipinski definition) is 7. The fourth-order valence-electron chi connectivity index (χ4n) is 3.12. The van der Waals surface area contributed by atoms with E-state index in [0.29, 0.717) is 30.0 Å². The lowest BCUT2D eigenvalue weighted by molar-refractivity contribution is -0.121. The molecule has 178 valence electrons. The standard InChI is InChI=1S/C23H28N8O3/c1-15-8-9-18(24)19(28-15)13-26-20(32)14-31-16(2)12-27-21(22(31)33)29-30-23(34)25-11-10-17-6-4-3-5-7-17/h3-9,12H,10-11,13-14,24H2,1-2H3,(H,26,32)(H,27,29)(H2,25,30,34). The van der Waals surface area contributed by atoms with Gasteiger partial charge in [0.15, 0.2) is 0 Å². The summed E-state index contributed by atoms with van der Waals surface area (Å²) in [6.07, 6.45) is 2.11. The van der Waals surface area contributed by atoms with Gasteiger partial charge in [0.1, 0.15) is 6.54 Å². The number of amides is 3. The first kappa shape index (κ1) is 24.2. The summed E-state index contributed by atoms with van der Waals surface area (Å²) in [5.74, 6) is -0.502. The zero-order valence-electron chi connectivity index (χ0n) is 19.1. The van der Waals surface area contributed by atoms with Crippen molar-refractivity contribution in [3.63, 3.8) is 0 Å². The molecule has 3 aromatic rings. The van der Waals surface area contributed by atoms with Crippen LogP contribution in [0.1, 0.15) is 22.6 Å². The van der Waals surface area contributed by atoms with Crippen LogP contribution in [0, 0.1) is 13.8 Å². The van der Waals surface area contributed by atoms with E-state index >= 15 is 0 Å². The summed E-state index contributed by atoms with van der Waals surface area (Å²) < 4.78 is 1.26. The number of hydrogen-bond donors (Lipinski definition) is 5. The summed E-state index contributed by atoms with van der Waals surface area (Å²) in [5, 5.41) is 5.40. The van der Waals surface area contributed by atoms with Gasteiger partial charge in [-0.25, -0.2) is 9.78 Å². The van der Waals surface area contributed by atoms with Crippen LogP contribution in [-0.2, 0) is 24.3 Å². The lowest BCUT2D eigenvalue weighted by Gasteiger charge is -2.13. The molecule has 0 radical (unpaired) electrons. The minimum absolute atomic E-state index is 0.110. The molecule has 0 saturated heterocycles. The second-order valence-corrected chi connectivity index (χ2v) is 7.65. The third kappa shape index (κ3) is 6.79. The first-order valence-electron chi connectivity index (χ1n) is 10.7. The smallest absolute Gasteiger partial charge is 0.333 e. The van der Waals surface area contributed by atoms with Crippen molar-refractivity contribution in [2.45, 2.75) is 33.4 Å². The number of nitrogen functional groups attached to an aromatic ring is 1. The number of benzene rings is 1. The van der Waals surface area contributed by atoms with Crippen molar-refractivity contribution in [3.8, 4) is 0 Å². The van der Waals surface area contributed by atoms with E-state index in [4.69, 9.17) is 5.73 Å². The number of carbonyl (C=O) groups excluding carboxylic acids is 2. The molecule has 3 amide bonds. The molecule has 11 heteroatoms. The predicted molar refractivity (Wildman–Crippen MR) is 129 cm³/mol. The van der Waals surface area contributed by atoms with Crippen LogP contribution in [0.25, 0.3) is 0 Å². The highest BCUT2D eigenvalue weighted by atomic mass is 16.2. The van der Waals surface area contributed by atoms with E-state index in [-0.39, 0.29) is 18.9 Å². The molecule has 0 fully saturated rings. The number of hydrazine groups is 1. The van der Waals surface area contributed by atoms with Crippen LogP contribution in [-0.4, -0.2) is 33.0 Å². The zero-order chi connectivity index (χ0) is 24.5. The molecule has 0 unspecified atom stereocenters. The van der Waals surface area contributed by atoms with Gasteiger partial charge >= 0.3 is 6.03 Å². The third-order valence-corrected chi connectivity index (χ3v) is 4.99. The lowest BCUT2D eigenvalue weighted by atomic mass is 10.1. The largest absolute Gasteiger partial charge is 0.397 e. The van der Waals surface area contributed by atoms with E-state index in [2.05, 4.69) is 31.5 Å². The summed E-state index contributed by atoms with van der Waals surface area (Å²) in [6.45, 7) is 3.83. The van der Waals surface area contributed by atoms with E-state index in [0.717, 1.165) is 11.3 Å². The molecule has 3 rings (SSSR count). The number of nitrogens with zero attached hydrogens (tertiary/aromatic N) is 3. The molecular weight excluding hydrogens is 436 g/mol. The van der Waals surface area contributed by atoms with Gasteiger partial charge in [-0.1, -0.05) is 30.3 Å². The predicted octanol–water partition coefficient (Wildman–Crippen LogP) is 1.02. The van der Waals surface area contributed by atoms with Crippen LogP contribution >= 0.6 is 0 Å². The number of carbonyl (C=O) groups is 2. The molecule has 2 aromatic heterocycles. The fourth-order valence-corrected chi connectivity index (χ4v) is 3.12. The molecular formula is C23H28N8O3. The van der Waals surface area contributed by atoms with Crippen LogP contribution in [0.2, 0.25) is 0 Å². The van der Waals surface area contributed by atoms with Crippen LogP contribution in [0.15, 0.2) is 53.5 Å². The van der Waals surface area contributed by atoms with Crippen LogP contribution in [0.5, 0.6) is 0 Å². The minimum atomic E-state index is -0.548. The van der Waals surface area contributed by atoms with Crippen LogP contribution in [0.4, 0.5) is 16.3 Å². The Bertz CT molecular complexity index is 1210. The average Bonchev–Trinajstić information content (AvgIpc) is 2.82. The van der Waals surface area contributed by atoms with E-state index in [1.54, 1.807) is 19.1 Å². The normalized spacial score (nSPS) is 10.4. The quantitative estimate of drug-likeness (QED) is 0.296. The molecule has 0 atom stereocenters. The van der Waals surface area contributed by atoms with Crippen molar-refractivity contribution < 1.29 is 9.59 Å². The van der Waals surface area contributed by atoms with Crippen molar-refractivity contribution >= 4 is 23.4 Å². The Morgan fingerprint density at radius 3 is 2.59 bits per heavy atom. The molecule has 0 aliphatic carbocycles. The van der Waals surface area contributed by atoms with Crippen LogP contribution in [0.3, 0.4) is 0 Å². The summed E-state index contributed by atoms with van der Waals surface area (Å²) in [7, 11) is 0. The highest BCUT2D eigenvalue weighted by Crippen LogP contribution is 2.09. The van der Waals surface area contributed by atoms with E-state index in [9.17, 15) is 14.4 Å². The molecule has 0 spiro atoms. The number of nitrogens with two attached hydrogens (primary N) is 1. The summed E-state index contributed by atoms with van der Waals surface area (Å²) >= 11 is 0. The maximum Gasteiger partial charge on any atom is 0.333 e. The summed E-state index contributed by atoms with van der Waals surface area (Å²) in [4.78, 5) is 45.5. The van der Waals surface area contributed by atoms with Crippen molar-refractivity contribution in [1.29, 1.82) is 0 Å². The molecule has 6 N–H and O–H groups in total. The molecule has 1 aromatic carbocycles. The minimum Gasteiger partial charge on any atom is -0.397 e. The van der Waals surface area contributed by atoms with Crippen LogP contribution < -0.4 is 32.8 Å². The second kappa shape index (κ2) is 11.5. The van der Waals surface area contributed by atoms with Crippen molar-refractivity contribution in [2.24, 2.45) is 0 Å². The number of aromatic nitrogens is 3. The topological polar surface area (TPSA) is 156 Å². The van der Waals surface area contributed by atoms with Crippen molar-refractivity contribution in [3.05, 3.63) is 81.7 Å². The Kier molecular flexibility index (Phi) is 8.16. The maximum atomic E-state index is 12.8. The van der Waals surface area contributed by atoms with Gasteiger partial charge in [0.05, 0.1) is 17.9 Å². The third-order valence-electron chi connectivity index (χ3n) is 4.99. The highest BCUT2D eigenvalue weighted by molar-refractivity contribution is 5.76. The molecule has 11 nitrogen and oxygen atoms in total. The number of rotatable bonds is 9. The Morgan fingerprint density at radius 1 is 1.06 bits per heavy atom. The zero-order valence-corrected chi connectivity index (χ0v) is 19.1. The first-order valence-corrected chi connectivity index (χ1v) is 10.7. The molecule has 0 bridgehead atoms. The maximum absolute atomic E-state index is 12.8. The van der Waals surface area contributed by atoms with E-state index in [1.807, 2.05) is 37.3 Å². The van der Waals surface area contributed by atoms with Gasteiger partial charge in [-0.2, -0.15) is 0 Å². The number of urea groups is 1. The number of nitrogens with one attached hydrogen (secondary N) is 4. The molecule has 0 saturated carbocycles. The van der Waals surface area contributed by atoms with Crippen molar-refractivity contribution in [1.82, 2.24) is 30.6 Å². The average molecular weight is 465 g/mol. The Morgan fingerprint density at radius 2 is 1.82 bits per heavy atom. The lowest BCUT2D eigenvalue weighted by Crippen LogP contribution is -2.42. The molecule has 0 aliphatic heterocycles. The second-order valence-electron chi connectivity index (χ2n) is 7.65. The number of anilines is 2.